The fourth-order valence-electron chi connectivity index (χ4n) is 5.85. The molecule has 1 aromatic rings. The third-order valence-corrected chi connectivity index (χ3v) is 8.59. The summed E-state index contributed by atoms with van der Waals surface area (Å²) in [5, 5.41) is 0. The molecule has 0 atom stereocenters. The minimum Gasteiger partial charge on any atom is -0.0660 e. The molecular weight excluding hydrogens is 476 g/mol. The number of allylic oxidation sites excluding steroid dienone is 5. The molecular formula is C33H49Br. The van der Waals surface area contributed by atoms with Crippen molar-refractivity contribution < 1.29 is 0 Å². The topological polar surface area (TPSA) is 0 Å². The summed E-state index contributed by atoms with van der Waals surface area (Å²) in [6.45, 7) is 4.61. The Balaban J connectivity index is 1.58. The molecule has 0 amide bonds. The minimum atomic E-state index is 0.216. The summed E-state index contributed by atoms with van der Waals surface area (Å²) < 4.78 is 1.32. The van der Waals surface area contributed by atoms with E-state index in [9.17, 15) is 0 Å². The van der Waals surface area contributed by atoms with E-state index in [-0.39, 0.29) is 5.41 Å². The highest BCUT2D eigenvalue weighted by Gasteiger charge is 2.33. The van der Waals surface area contributed by atoms with Crippen LogP contribution in [0.4, 0.5) is 0 Å². The van der Waals surface area contributed by atoms with Crippen molar-refractivity contribution in [2.24, 2.45) is 5.41 Å². The van der Waals surface area contributed by atoms with Crippen molar-refractivity contribution in [3.05, 3.63) is 57.6 Å². The van der Waals surface area contributed by atoms with Crippen LogP contribution in [0.3, 0.4) is 0 Å². The average molecular weight is 526 g/mol. The van der Waals surface area contributed by atoms with Crippen LogP contribution in [0.1, 0.15) is 141 Å². The molecule has 188 valence electrons. The maximum Gasteiger partial charge on any atom is 0.0222 e. The summed E-state index contributed by atoms with van der Waals surface area (Å²) in [4.78, 5) is 0. The maximum absolute atomic E-state index is 4.00. The molecule has 0 saturated carbocycles. The first-order chi connectivity index (χ1) is 16.7. The lowest BCUT2D eigenvalue weighted by molar-refractivity contribution is 0.369. The predicted octanol–water partition coefficient (Wildman–Crippen LogP) is 11.8. The zero-order valence-electron chi connectivity index (χ0n) is 22.1. The van der Waals surface area contributed by atoms with Crippen LogP contribution in [-0.2, 0) is 0 Å². The van der Waals surface area contributed by atoms with E-state index in [2.05, 4.69) is 72.3 Å². The molecule has 0 N–H and O–H groups in total. The molecule has 0 nitrogen and oxygen atoms in total. The van der Waals surface area contributed by atoms with Crippen LogP contribution in [0.15, 0.2) is 46.5 Å². The Kier molecular flexibility index (Phi) is 12.2. The Morgan fingerprint density at radius 3 is 1.65 bits per heavy atom. The number of rotatable bonds is 18. The minimum absolute atomic E-state index is 0.216. The smallest absolute Gasteiger partial charge is 0.0222 e. The maximum atomic E-state index is 4.00. The van der Waals surface area contributed by atoms with Gasteiger partial charge >= 0.3 is 0 Å². The number of benzene rings is 1. The second-order valence-corrected chi connectivity index (χ2v) is 11.7. The molecule has 0 fully saturated rings. The van der Waals surface area contributed by atoms with E-state index >= 15 is 0 Å². The van der Waals surface area contributed by atoms with Gasteiger partial charge in [-0.05, 0) is 41.2 Å². The lowest BCUT2D eigenvalue weighted by Gasteiger charge is -2.33. The van der Waals surface area contributed by atoms with E-state index in [1.54, 1.807) is 0 Å². The first kappa shape index (κ1) is 27.5. The molecule has 0 aromatic heterocycles. The van der Waals surface area contributed by atoms with Crippen LogP contribution >= 0.6 is 15.9 Å². The Hall–Kier alpha value is -1.08. The van der Waals surface area contributed by atoms with Gasteiger partial charge in [-0.1, -0.05) is 169 Å². The summed E-state index contributed by atoms with van der Waals surface area (Å²) >= 11 is 4.00. The monoisotopic (exact) mass is 524 g/mol. The standard InChI is InChI=1S/C33H49Br/c1-3-5-7-9-11-13-15-19-23-33(24-20-16-14-12-10-8-6-4-2)26-31-29-22-18-17-21-28(29)25-30(31)32(34)27-33/h17-18,21-22,25-27H,3-16,19-20,23-24H2,1-2H3. The number of hydrogen-bond donors (Lipinski definition) is 0. The molecule has 0 aliphatic heterocycles. The summed E-state index contributed by atoms with van der Waals surface area (Å²) in [7, 11) is 0. The van der Waals surface area contributed by atoms with Gasteiger partial charge in [-0.25, -0.2) is 0 Å². The summed E-state index contributed by atoms with van der Waals surface area (Å²) in [5.74, 6) is 0. The second-order valence-electron chi connectivity index (χ2n) is 10.9. The Morgan fingerprint density at radius 1 is 0.588 bits per heavy atom. The van der Waals surface area contributed by atoms with Gasteiger partial charge in [-0.3, -0.25) is 0 Å². The van der Waals surface area contributed by atoms with Gasteiger partial charge in [0.05, 0.1) is 0 Å². The predicted molar refractivity (Wildman–Crippen MR) is 156 cm³/mol. The van der Waals surface area contributed by atoms with Crippen LogP contribution in [0.5, 0.6) is 0 Å². The van der Waals surface area contributed by atoms with E-state index in [0.29, 0.717) is 0 Å². The van der Waals surface area contributed by atoms with Gasteiger partial charge in [-0.15, -0.1) is 0 Å². The number of halogens is 1. The van der Waals surface area contributed by atoms with Gasteiger partial charge in [0, 0.05) is 9.90 Å². The zero-order chi connectivity index (χ0) is 24.1. The van der Waals surface area contributed by atoms with Crippen molar-refractivity contribution in [2.45, 2.75) is 129 Å². The van der Waals surface area contributed by atoms with Gasteiger partial charge in [-0.2, -0.15) is 0 Å². The fourth-order valence-corrected chi connectivity index (χ4v) is 6.63. The van der Waals surface area contributed by atoms with E-state index in [1.807, 2.05) is 0 Å². The van der Waals surface area contributed by atoms with Gasteiger partial charge in [0.1, 0.15) is 0 Å². The lowest BCUT2D eigenvalue weighted by atomic mass is 9.72. The third-order valence-electron chi connectivity index (χ3n) is 7.94. The quantitative estimate of drug-likeness (QED) is 0.167. The molecule has 0 radical (unpaired) electrons. The molecule has 34 heavy (non-hydrogen) atoms. The largest absolute Gasteiger partial charge is 0.0660 e. The highest BCUT2D eigenvalue weighted by Crippen LogP contribution is 2.51. The van der Waals surface area contributed by atoms with Crippen molar-refractivity contribution >= 4 is 27.6 Å². The SMILES string of the molecule is CCCCCCCCCCC1(CCCCCCCCCC)C=C(Br)C2=Cc3ccccc3C2=C1. The van der Waals surface area contributed by atoms with Gasteiger partial charge in [0.2, 0.25) is 0 Å². The van der Waals surface area contributed by atoms with Crippen LogP contribution in [-0.4, -0.2) is 0 Å². The Labute approximate surface area is 219 Å². The van der Waals surface area contributed by atoms with Crippen molar-refractivity contribution in [3.63, 3.8) is 0 Å². The number of fused-ring (bicyclic) bond motifs is 3. The summed E-state index contributed by atoms with van der Waals surface area (Å²) in [5.41, 5.74) is 5.89. The molecule has 1 aromatic carbocycles. The van der Waals surface area contributed by atoms with Crippen molar-refractivity contribution in [1.29, 1.82) is 0 Å². The second kappa shape index (κ2) is 15.1. The highest BCUT2D eigenvalue weighted by atomic mass is 79.9. The Morgan fingerprint density at radius 2 is 1.09 bits per heavy atom. The van der Waals surface area contributed by atoms with E-state index in [1.165, 1.54) is 142 Å². The van der Waals surface area contributed by atoms with Crippen LogP contribution in [0, 0.1) is 5.41 Å². The van der Waals surface area contributed by atoms with E-state index in [4.69, 9.17) is 0 Å². The zero-order valence-corrected chi connectivity index (χ0v) is 23.7. The van der Waals surface area contributed by atoms with Crippen LogP contribution in [0.2, 0.25) is 0 Å². The summed E-state index contributed by atoms with van der Waals surface area (Å²) in [6, 6.07) is 8.94. The lowest BCUT2D eigenvalue weighted by Crippen LogP contribution is -2.19. The van der Waals surface area contributed by atoms with Crippen LogP contribution in [0.25, 0.3) is 11.6 Å². The molecule has 0 bridgehead atoms. The molecule has 3 rings (SSSR count). The molecule has 0 saturated heterocycles. The normalized spacial score (nSPS) is 16.0. The molecule has 2 aliphatic carbocycles. The van der Waals surface area contributed by atoms with Crippen LogP contribution < -0.4 is 0 Å². The number of hydrogen-bond acceptors (Lipinski definition) is 0. The summed E-state index contributed by atoms with van der Waals surface area (Å²) in [6.07, 6.45) is 32.6. The molecule has 0 unspecified atom stereocenters. The molecule has 2 aliphatic rings. The van der Waals surface area contributed by atoms with Gasteiger partial charge in [0.15, 0.2) is 0 Å². The molecule has 1 heteroatoms. The Bertz CT molecular complexity index is 805. The average Bonchev–Trinajstić information content (AvgIpc) is 3.22. The third kappa shape index (κ3) is 8.25. The van der Waals surface area contributed by atoms with Crippen molar-refractivity contribution in [2.75, 3.05) is 0 Å². The first-order valence-electron chi connectivity index (χ1n) is 14.6. The highest BCUT2D eigenvalue weighted by molar-refractivity contribution is 9.12. The molecule has 0 spiro atoms. The molecule has 0 heterocycles. The fraction of sp³-hybridized carbons (Fsp3) is 0.636. The van der Waals surface area contributed by atoms with Crippen molar-refractivity contribution in [3.8, 4) is 0 Å². The van der Waals surface area contributed by atoms with Gasteiger partial charge in [0.25, 0.3) is 0 Å². The van der Waals surface area contributed by atoms with Crippen molar-refractivity contribution in [1.82, 2.24) is 0 Å². The van der Waals surface area contributed by atoms with Gasteiger partial charge < -0.3 is 0 Å². The first-order valence-corrected chi connectivity index (χ1v) is 15.4. The van der Waals surface area contributed by atoms with E-state index in [0.717, 1.165) is 0 Å². The number of unbranched alkanes of at least 4 members (excludes halogenated alkanes) is 14. The van der Waals surface area contributed by atoms with E-state index < -0.39 is 0 Å².